The van der Waals surface area contributed by atoms with E-state index in [1.54, 1.807) is 6.07 Å². The molecule has 1 amide bonds. The lowest BCUT2D eigenvalue weighted by molar-refractivity contribution is -0.126. The van der Waals surface area contributed by atoms with E-state index in [0.717, 1.165) is 16.9 Å². The van der Waals surface area contributed by atoms with Crippen molar-refractivity contribution < 1.29 is 19.0 Å². The smallest absolute Gasteiger partial charge is 0.227 e. The van der Waals surface area contributed by atoms with Crippen molar-refractivity contribution in [3.05, 3.63) is 52.5 Å². The average molecular weight is 404 g/mol. The van der Waals surface area contributed by atoms with Crippen molar-refractivity contribution in [2.45, 2.75) is 33.2 Å². The van der Waals surface area contributed by atoms with Crippen LogP contribution in [0, 0.1) is 5.92 Å². The van der Waals surface area contributed by atoms with Crippen LogP contribution in [0.1, 0.15) is 37.9 Å². The average Bonchev–Trinajstić information content (AvgIpc) is 2.69. The third kappa shape index (κ3) is 4.71. The molecule has 1 heterocycles. The van der Waals surface area contributed by atoms with Gasteiger partial charge in [0.1, 0.15) is 12.4 Å². The second-order valence-corrected chi connectivity index (χ2v) is 7.20. The molecule has 5 nitrogen and oxygen atoms in total. The Balaban J connectivity index is 1.68. The first-order valence-electron chi connectivity index (χ1n) is 9.63. The van der Waals surface area contributed by atoms with Gasteiger partial charge >= 0.3 is 0 Å². The van der Waals surface area contributed by atoms with Gasteiger partial charge in [-0.2, -0.15) is 0 Å². The molecule has 2 aromatic carbocycles. The number of hydrogen-bond donors (Lipinski definition) is 1. The van der Waals surface area contributed by atoms with E-state index < -0.39 is 0 Å². The number of halogens is 1. The number of fused-ring (bicyclic) bond motifs is 1. The normalized spacial score (nSPS) is 16.5. The lowest BCUT2D eigenvalue weighted by Crippen LogP contribution is -2.38. The zero-order chi connectivity index (χ0) is 20.1. The van der Waals surface area contributed by atoms with Gasteiger partial charge in [-0.1, -0.05) is 17.7 Å². The Hall–Kier alpha value is -2.40. The fourth-order valence-electron chi connectivity index (χ4n) is 3.28. The van der Waals surface area contributed by atoms with Crippen LogP contribution in [0.2, 0.25) is 5.02 Å². The molecule has 2 aromatic rings. The monoisotopic (exact) mass is 403 g/mol. The summed E-state index contributed by atoms with van der Waals surface area (Å²) in [5.74, 6) is 1.91. The highest BCUT2D eigenvalue weighted by Gasteiger charge is 2.27. The van der Waals surface area contributed by atoms with Crippen LogP contribution in [-0.4, -0.2) is 25.7 Å². The van der Waals surface area contributed by atoms with E-state index >= 15 is 0 Å². The van der Waals surface area contributed by atoms with Crippen LogP contribution in [-0.2, 0) is 11.2 Å². The second-order valence-electron chi connectivity index (χ2n) is 6.77. The standard InChI is InChI=1S/C22H26ClNO4/c1-4-26-20-8-6-15(12-21(20)27-5-2)14(3)24-22(25)17-10-16-11-18(23)7-9-19(16)28-13-17/h6-9,11-12,14,17H,4-5,10,13H2,1-3H3,(H,24,25)/t14-,17+/m0/s1. The van der Waals surface area contributed by atoms with Crippen LogP contribution >= 0.6 is 11.6 Å². The highest BCUT2D eigenvalue weighted by molar-refractivity contribution is 6.30. The minimum absolute atomic E-state index is 0.0371. The molecule has 0 spiro atoms. The summed E-state index contributed by atoms with van der Waals surface area (Å²) in [5, 5.41) is 3.73. The van der Waals surface area contributed by atoms with Crippen LogP contribution in [0.15, 0.2) is 36.4 Å². The minimum Gasteiger partial charge on any atom is -0.492 e. The first-order valence-corrected chi connectivity index (χ1v) is 10.0. The third-order valence-corrected chi connectivity index (χ3v) is 4.96. The summed E-state index contributed by atoms with van der Waals surface area (Å²) in [6.07, 6.45) is 0.613. The van der Waals surface area contributed by atoms with Crippen molar-refractivity contribution in [2.24, 2.45) is 5.92 Å². The van der Waals surface area contributed by atoms with Crippen LogP contribution in [0.4, 0.5) is 0 Å². The number of carbonyl (C=O) groups excluding carboxylic acids is 1. The van der Waals surface area contributed by atoms with E-state index in [2.05, 4.69) is 5.32 Å². The zero-order valence-electron chi connectivity index (χ0n) is 16.5. The van der Waals surface area contributed by atoms with E-state index in [0.29, 0.717) is 42.8 Å². The van der Waals surface area contributed by atoms with Gasteiger partial charge in [-0.25, -0.2) is 0 Å². The molecule has 0 saturated carbocycles. The number of amides is 1. The summed E-state index contributed by atoms with van der Waals surface area (Å²) in [7, 11) is 0. The Morgan fingerprint density at radius 2 is 1.93 bits per heavy atom. The molecule has 0 unspecified atom stereocenters. The Bertz CT molecular complexity index is 839. The van der Waals surface area contributed by atoms with E-state index in [1.807, 2.05) is 51.1 Å². The predicted molar refractivity (Wildman–Crippen MR) is 109 cm³/mol. The molecular weight excluding hydrogens is 378 g/mol. The van der Waals surface area contributed by atoms with Gasteiger partial charge in [-0.3, -0.25) is 4.79 Å². The van der Waals surface area contributed by atoms with E-state index in [4.69, 9.17) is 25.8 Å². The Morgan fingerprint density at radius 3 is 2.68 bits per heavy atom. The summed E-state index contributed by atoms with van der Waals surface area (Å²) >= 11 is 6.07. The first-order chi connectivity index (χ1) is 13.5. The fraction of sp³-hybridized carbons (Fsp3) is 0.409. The molecule has 0 aliphatic carbocycles. The molecule has 3 rings (SSSR count). The molecule has 0 saturated heterocycles. The molecular formula is C22H26ClNO4. The van der Waals surface area contributed by atoms with Gasteiger partial charge in [-0.15, -0.1) is 0 Å². The number of carbonyl (C=O) groups is 1. The van der Waals surface area contributed by atoms with Gasteiger partial charge in [-0.05, 0) is 68.7 Å². The first kappa shape index (κ1) is 20.3. The Kier molecular flexibility index (Phi) is 6.68. The lowest BCUT2D eigenvalue weighted by Gasteiger charge is -2.26. The topological polar surface area (TPSA) is 56.8 Å². The maximum atomic E-state index is 12.8. The molecule has 0 radical (unpaired) electrons. The van der Waals surface area contributed by atoms with Crippen molar-refractivity contribution in [1.29, 1.82) is 0 Å². The van der Waals surface area contributed by atoms with Crippen molar-refractivity contribution in [2.75, 3.05) is 19.8 Å². The summed E-state index contributed by atoms with van der Waals surface area (Å²) in [5.41, 5.74) is 1.92. The molecule has 1 N–H and O–H groups in total. The summed E-state index contributed by atoms with van der Waals surface area (Å²) < 4.78 is 17.0. The quantitative estimate of drug-likeness (QED) is 0.735. The van der Waals surface area contributed by atoms with Gasteiger partial charge < -0.3 is 19.5 Å². The maximum Gasteiger partial charge on any atom is 0.227 e. The maximum absolute atomic E-state index is 12.8. The van der Waals surface area contributed by atoms with Crippen LogP contribution in [0.3, 0.4) is 0 Å². The van der Waals surface area contributed by atoms with Crippen molar-refractivity contribution >= 4 is 17.5 Å². The van der Waals surface area contributed by atoms with E-state index in [1.165, 1.54) is 0 Å². The largest absolute Gasteiger partial charge is 0.492 e. The van der Waals surface area contributed by atoms with Crippen molar-refractivity contribution in [3.8, 4) is 17.2 Å². The molecule has 6 heteroatoms. The zero-order valence-corrected chi connectivity index (χ0v) is 17.2. The summed E-state index contributed by atoms with van der Waals surface area (Å²) in [6.45, 7) is 7.30. The molecule has 1 aliphatic heterocycles. The van der Waals surface area contributed by atoms with E-state index in [-0.39, 0.29) is 17.9 Å². The number of hydrogen-bond acceptors (Lipinski definition) is 4. The lowest BCUT2D eigenvalue weighted by atomic mass is 9.95. The van der Waals surface area contributed by atoms with Crippen molar-refractivity contribution in [3.63, 3.8) is 0 Å². The van der Waals surface area contributed by atoms with Crippen LogP contribution in [0.25, 0.3) is 0 Å². The van der Waals surface area contributed by atoms with Crippen LogP contribution in [0.5, 0.6) is 17.2 Å². The second kappa shape index (κ2) is 9.20. The van der Waals surface area contributed by atoms with E-state index in [9.17, 15) is 4.79 Å². The predicted octanol–water partition coefficient (Wildman–Crippen LogP) is 4.57. The summed E-state index contributed by atoms with van der Waals surface area (Å²) in [6, 6.07) is 11.1. The highest BCUT2D eigenvalue weighted by Crippen LogP contribution is 2.32. The molecule has 150 valence electrons. The molecule has 28 heavy (non-hydrogen) atoms. The number of benzene rings is 2. The number of nitrogens with one attached hydrogen (secondary N) is 1. The summed E-state index contributed by atoms with van der Waals surface area (Å²) in [4.78, 5) is 12.8. The van der Waals surface area contributed by atoms with Crippen molar-refractivity contribution in [1.82, 2.24) is 5.32 Å². The fourth-order valence-corrected chi connectivity index (χ4v) is 3.48. The SMILES string of the molecule is CCOc1ccc([C@H](C)NC(=O)[C@H]2COc3ccc(Cl)cc3C2)cc1OCC. The third-order valence-electron chi connectivity index (χ3n) is 4.73. The molecule has 0 fully saturated rings. The minimum atomic E-state index is -0.248. The van der Waals surface area contributed by atoms with Crippen LogP contribution < -0.4 is 19.5 Å². The van der Waals surface area contributed by atoms with Gasteiger partial charge in [0.25, 0.3) is 0 Å². The highest BCUT2D eigenvalue weighted by atomic mass is 35.5. The molecule has 0 bridgehead atoms. The van der Waals surface area contributed by atoms with Gasteiger partial charge in [0.05, 0.1) is 25.2 Å². The van der Waals surface area contributed by atoms with Gasteiger partial charge in [0.2, 0.25) is 5.91 Å². The molecule has 2 atom stereocenters. The van der Waals surface area contributed by atoms with Gasteiger partial charge in [0, 0.05) is 5.02 Å². The molecule has 0 aromatic heterocycles. The Morgan fingerprint density at radius 1 is 1.18 bits per heavy atom. The molecule has 1 aliphatic rings. The number of rotatable bonds is 7. The Labute approximate surface area is 170 Å². The number of ether oxygens (including phenoxy) is 3. The van der Waals surface area contributed by atoms with Gasteiger partial charge in [0.15, 0.2) is 11.5 Å².